The van der Waals surface area contributed by atoms with Gasteiger partial charge in [0.1, 0.15) is 5.82 Å². The zero-order valence-corrected chi connectivity index (χ0v) is 13.5. The van der Waals surface area contributed by atoms with Gasteiger partial charge in [-0.15, -0.1) is 0 Å². The van der Waals surface area contributed by atoms with Crippen molar-refractivity contribution in [3.05, 3.63) is 29.6 Å². The molecule has 0 radical (unpaired) electrons. The molecule has 1 aliphatic rings. The van der Waals surface area contributed by atoms with Gasteiger partial charge in [-0.1, -0.05) is 26.0 Å². The van der Waals surface area contributed by atoms with E-state index in [1.807, 2.05) is 23.9 Å². The Bertz CT molecular complexity index is 436. The standard InChI is InChI=1S/C16H25FN2S/c1-12(2)9-18-10-14-5-4-6-15(17)16(14)19-7-8-20-11-13(19)3/h4-6,12-13,18H,7-11H2,1-3H3. The van der Waals surface area contributed by atoms with Gasteiger partial charge in [-0.25, -0.2) is 4.39 Å². The minimum atomic E-state index is -0.0902. The molecule has 1 aliphatic heterocycles. The van der Waals surface area contributed by atoms with Crippen molar-refractivity contribution in [2.45, 2.75) is 33.4 Å². The summed E-state index contributed by atoms with van der Waals surface area (Å²) in [5.41, 5.74) is 1.88. The van der Waals surface area contributed by atoms with Crippen LogP contribution in [0.25, 0.3) is 0 Å². The molecule has 1 aromatic rings. The second kappa shape index (κ2) is 7.32. The molecule has 1 N–H and O–H groups in total. The van der Waals surface area contributed by atoms with Gasteiger partial charge in [0.15, 0.2) is 0 Å². The Balaban J connectivity index is 2.17. The second-order valence-corrected chi connectivity index (χ2v) is 7.04. The first-order valence-electron chi connectivity index (χ1n) is 7.42. The molecule has 0 aromatic heterocycles. The molecule has 0 bridgehead atoms. The number of benzene rings is 1. The Kier molecular flexibility index (Phi) is 5.73. The van der Waals surface area contributed by atoms with E-state index in [9.17, 15) is 4.39 Å². The molecule has 112 valence electrons. The third-order valence-corrected chi connectivity index (χ3v) is 4.78. The fourth-order valence-corrected chi connectivity index (χ4v) is 3.59. The highest BCUT2D eigenvalue weighted by Gasteiger charge is 2.23. The average Bonchev–Trinajstić information content (AvgIpc) is 2.40. The van der Waals surface area contributed by atoms with Crippen molar-refractivity contribution < 1.29 is 4.39 Å². The molecule has 1 atom stereocenters. The van der Waals surface area contributed by atoms with Crippen molar-refractivity contribution in [1.82, 2.24) is 5.32 Å². The fourth-order valence-electron chi connectivity index (χ4n) is 2.58. The van der Waals surface area contributed by atoms with Gasteiger partial charge in [-0.05, 0) is 31.0 Å². The smallest absolute Gasteiger partial charge is 0.146 e. The Morgan fingerprint density at radius 1 is 1.45 bits per heavy atom. The van der Waals surface area contributed by atoms with Crippen molar-refractivity contribution in [1.29, 1.82) is 0 Å². The van der Waals surface area contributed by atoms with Gasteiger partial charge in [0, 0.05) is 30.6 Å². The van der Waals surface area contributed by atoms with E-state index in [0.717, 1.165) is 42.4 Å². The maximum Gasteiger partial charge on any atom is 0.146 e. The molecule has 4 heteroatoms. The molecule has 1 heterocycles. The molecule has 20 heavy (non-hydrogen) atoms. The van der Waals surface area contributed by atoms with Crippen LogP contribution < -0.4 is 10.2 Å². The highest BCUT2D eigenvalue weighted by atomic mass is 32.2. The number of rotatable bonds is 5. The van der Waals surface area contributed by atoms with Crippen LogP contribution in [-0.4, -0.2) is 30.6 Å². The van der Waals surface area contributed by atoms with Gasteiger partial charge >= 0.3 is 0 Å². The minimum absolute atomic E-state index is 0.0902. The van der Waals surface area contributed by atoms with Crippen LogP contribution in [0.5, 0.6) is 0 Å². The lowest BCUT2D eigenvalue weighted by molar-refractivity contribution is 0.547. The first-order chi connectivity index (χ1) is 9.59. The lowest BCUT2D eigenvalue weighted by Gasteiger charge is -2.36. The molecule has 1 unspecified atom stereocenters. The average molecular weight is 296 g/mol. The summed E-state index contributed by atoms with van der Waals surface area (Å²) in [6.07, 6.45) is 0. The largest absolute Gasteiger partial charge is 0.365 e. The summed E-state index contributed by atoms with van der Waals surface area (Å²) in [4.78, 5) is 2.23. The Hall–Kier alpha value is -0.740. The summed E-state index contributed by atoms with van der Waals surface area (Å²) < 4.78 is 14.3. The molecule has 2 nitrogen and oxygen atoms in total. The van der Waals surface area contributed by atoms with E-state index in [1.165, 1.54) is 0 Å². The molecule has 0 saturated carbocycles. The number of thioether (sulfide) groups is 1. The van der Waals surface area contributed by atoms with E-state index in [4.69, 9.17) is 0 Å². The van der Waals surface area contributed by atoms with E-state index < -0.39 is 0 Å². The molecule has 0 aliphatic carbocycles. The molecule has 0 amide bonds. The maximum absolute atomic E-state index is 14.3. The predicted octanol–water partition coefficient (Wildman–Crippen LogP) is 3.51. The Morgan fingerprint density at radius 3 is 2.95 bits per heavy atom. The lowest BCUT2D eigenvalue weighted by atomic mass is 10.1. The molecule has 1 saturated heterocycles. The maximum atomic E-state index is 14.3. The quantitative estimate of drug-likeness (QED) is 0.895. The van der Waals surface area contributed by atoms with Crippen LogP contribution in [0, 0.1) is 11.7 Å². The number of hydrogen-bond acceptors (Lipinski definition) is 3. The van der Waals surface area contributed by atoms with Crippen LogP contribution in [0.15, 0.2) is 18.2 Å². The summed E-state index contributed by atoms with van der Waals surface area (Å²) in [6.45, 7) is 9.18. The van der Waals surface area contributed by atoms with Gasteiger partial charge in [-0.3, -0.25) is 0 Å². The fraction of sp³-hybridized carbons (Fsp3) is 0.625. The van der Waals surface area contributed by atoms with Crippen LogP contribution in [-0.2, 0) is 6.54 Å². The topological polar surface area (TPSA) is 15.3 Å². The van der Waals surface area contributed by atoms with Gasteiger partial charge in [0.05, 0.1) is 5.69 Å². The monoisotopic (exact) mass is 296 g/mol. The molecule has 1 fully saturated rings. The summed E-state index contributed by atoms with van der Waals surface area (Å²) in [5.74, 6) is 2.68. The minimum Gasteiger partial charge on any atom is -0.365 e. The van der Waals surface area contributed by atoms with E-state index in [0.29, 0.717) is 12.0 Å². The van der Waals surface area contributed by atoms with Crippen LogP contribution in [0.1, 0.15) is 26.3 Å². The summed E-state index contributed by atoms with van der Waals surface area (Å²) >= 11 is 1.96. The molecular formula is C16H25FN2S. The number of para-hydroxylation sites is 1. The van der Waals surface area contributed by atoms with Crippen LogP contribution >= 0.6 is 11.8 Å². The SMILES string of the molecule is CC(C)CNCc1cccc(F)c1N1CCSCC1C. The first-order valence-corrected chi connectivity index (χ1v) is 8.57. The normalized spacial score (nSPS) is 19.6. The first kappa shape index (κ1) is 15.6. The van der Waals surface area contributed by atoms with Crippen LogP contribution in [0.2, 0.25) is 0 Å². The second-order valence-electron chi connectivity index (χ2n) is 5.89. The summed E-state index contributed by atoms with van der Waals surface area (Å²) in [7, 11) is 0. The number of nitrogens with zero attached hydrogens (tertiary/aromatic N) is 1. The number of anilines is 1. The predicted molar refractivity (Wildman–Crippen MR) is 87.1 cm³/mol. The molecule has 0 spiro atoms. The van der Waals surface area contributed by atoms with E-state index in [-0.39, 0.29) is 5.82 Å². The zero-order chi connectivity index (χ0) is 14.5. The van der Waals surface area contributed by atoms with Crippen molar-refractivity contribution in [3.63, 3.8) is 0 Å². The molecular weight excluding hydrogens is 271 g/mol. The zero-order valence-electron chi connectivity index (χ0n) is 12.7. The highest BCUT2D eigenvalue weighted by Crippen LogP contribution is 2.30. The lowest BCUT2D eigenvalue weighted by Crippen LogP contribution is -2.41. The van der Waals surface area contributed by atoms with Gasteiger partial charge in [0.25, 0.3) is 0 Å². The van der Waals surface area contributed by atoms with Crippen molar-refractivity contribution in [3.8, 4) is 0 Å². The van der Waals surface area contributed by atoms with E-state index >= 15 is 0 Å². The number of halogens is 1. The van der Waals surface area contributed by atoms with Crippen molar-refractivity contribution >= 4 is 17.4 Å². The number of hydrogen-bond donors (Lipinski definition) is 1. The van der Waals surface area contributed by atoms with Crippen molar-refractivity contribution in [2.24, 2.45) is 5.92 Å². The van der Waals surface area contributed by atoms with Crippen LogP contribution in [0.4, 0.5) is 10.1 Å². The third kappa shape index (κ3) is 3.89. The summed E-state index contributed by atoms with van der Waals surface area (Å²) in [5, 5.41) is 3.42. The Labute approximate surface area is 126 Å². The summed E-state index contributed by atoms with van der Waals surface area (Å²) in [6, 6.07) is 5.83. The molecule has 2 rings (SSSR count). The van der Waals surface area contributed by atoms with E-state index in [2.05, 4.69) is 31.0 Å². The van der Waals surface area contributed by atoms with Gasteiger partial charge < -0.3 is 10.2 Å². The number of nitrogens with one attached hydrogen (secondary N) is 1. The van der Waals surface area contributed by atoms with Crippen LogP contribution in [0.3, 0.4) is 0 Å². The van der Waals surface area contributed by atoms with E-state index in [1.54, 1.807) is 6.07 Å². The highest BCUT2D eigenvalue weighted by molar-refractivity contribution is 7.99. The van der Waals surface area contributed by atoms with Gasteiger partial charge in [-0.2, -0.15) is 11.8 Å². The van der Waals surface area contributed by atoms with Crippen molar-refractivity contribution in [2.75, 3.05) is 29.5 Å². The Morgan fingerprint density at radius 2 is 2.25 bits per heavy atom. The molecule has 1 aromatic carbocycles. The third-order valence-electron chi connectivity index (χ3n) is 3.59. The van der Waals surface area contributed by atoms with Gasteiger partial charge in [0.2, 0.25) is 0 Å².